The fourth-order valence-corrected chi connectivity index (χ4v) is 5.39. The summed E-state index contributed by atoms with van der Waals surface area (Å²) in [5.41, 5.74) is -0.125. The number of ether oxygens (including phenoxy) is 1. The Kier molecular flexibility index (Phi) is 7.91. The molecule has 0 N–H and O–H groups in total. The number of nitrogens with zero attached hydrogens (tertiary/aromatic N) is 2. The number of sulfone groups is 1. The minimum Gasteiger partial charge on any atom is -0.452 e. The molecule has 0 aliphatic carbocycles. The Hall–Kier alpha value is -2.61. The predicted octanol–water partition coefficient (Wildman–Crippen LogP) is 2.03. The first-order valence-electron chi connectivity index (χ1n) is 9.75. The molecule has 34 heavy (non-hydrogen) atoms. The van der Waals surface area contributed by atoms with Crippen LogP contribution in [0.3, 0.4) is 0 Å². The molecule has 0 spiro atoms. The molecule has 0 radical (unpaired) electrons. The van der Waals surface area contributed by atoms with Crippen molar-refractivity contribution in [3.63, 3.8) is 0 Å². The van der Waals surface area contributed by atoms with E-state index in [0.717, 1.165) is 24.3 Å². The van der Waals surface area contributed by atoms with Gasteiger partial charge in [0.25, 0.3) is 5.91 Å². The van der Waals surface area contributed by atoms with E-state index in [9.17, 15) is 35.2 Å². The number of piperazine rings is 1. The van der Waals surface area contributed by atoms with Gasteiger partial charge in [-0.15, -0.1) is 0 Å². The summed E-state index contributed by atoms with van der Waals surface area (Å²) in [6.07, 6.45) is 0. The Bertz CT molecular complexity index is 1260. The van der Waals surface area contributed by atoms with Crippen molar-refractivity contribution in [2.75, 3.05) is 32.8 Å². The van der Waals surface area contributed by atoms with Gasteiger partial charge in [0.15, 0.2) is 6.61 Å². The molecule has 184 valence electrons. The zero-order valence-electron chi connectivity index (χ0n) is 17.4. The quantitative estimate of drug-likeness (QED) is 0.497. The van der Waals surface area contributed by atoms with Crippen molar-refractivity contribution in [2.24, 2.45) is 0 Å². The summed E-state index contributed by atoms with van der Waals surface area (Å²) < 4.78 is 79.5. The molecular formula is C20H19ClF2N2O7S2. The lowest BCUT2D eigenvalue weighted by Gasteiger charge is -2.33. The Morgan fingerprint density at radius 3 is 1.94 bits per heavy atom. The SMILES string of the molecule is O=C(OCC(=O)N1CCN(S(=O)(=O)c2ccc(Cl)cc2)CC1)c1ccc(S(=O)(=O)C(F)F)cc1. The Morgan fingerprint density at radius 2 is 1.41 bits per heavy atom. The van der Waals surface area contributed by atoms with Crippen LogP contribution in [0.25, 0.3) is 0 Å². The molecule has 2 aromatic rings. The average molecular weight is 537 g/mol. The molecule has 1 fully saturated rings. The van der Waals surface area contributed by atoms with E-state index >= 15 is 0 Å². The number of hydrogen-bond acceptors (Lipinski definition) is 7. The van der Waals surface area contributed by atoms with Gasteiger partial charge in [-0.2, -0.15) is 13.1 Å². The van der Waals surface area contributed by atoms with Crippen LogP contribution in [0, 0.1) is 0 Å². The van der Waals surface area contributed by atoms with Crippen molar-refractivity contribution < 1.29 is 39.9 Å². The van der Waals surface area contributed by atoms with Crippen LogP contribution in [0.4, 0.5) is 8.78 Å². The van der Waals surface area contributed by atoms with Gasteiger partial charge in [0, 0.05) is 31.2 Å². The Labute approximate surface area is 199 Å². The molecule has 14 heteroatoms. The van der Waals surface area contributed by atoms with Crippen LogP contribution in [-0.2, 0) is 29.4 Å². The van der Waals surface area contributed by atoms with Gasteiger partial charge in [-0.05, 0) is 48.5 Å². The number of alkyl halides is 2. The molecule has 3 rings (SSSR count). The molecule has 0 bridgehead atoms. The van der Waals surface area contributed by atoms with E-state index in [1.54, 1.807) is 0 Å². The van der Waals surface area contributed by atoms with Crippen molar-refractivity contribution in [2.45, 2.75) is 15.5 Å². The fourth-order valence-electron chi connectivity index (χ4n) is 3.12. The summed E-state index contributed by atoms with van der Waals surface area (Å²) >= 11 is 5.79. The highest BCUT2D eigenvalue weighted by Gasteiger charge is 2.30. The third-order valence-electron chi connectivity index (χ3n) is 5.02. The number of amides is 1. The molecule has 1 saturated heterocycles. The lowest BCUT2D eigenvalue weighted by Crippen LogP contribution is -2.51. The lowest BCUT2D eigenvalue weighted by molar-refractivity contribution is -0.135. The normalized spacial score (nSPS) is 15.4. The number of esters is 1. The van der Waals surface area contributed by atoms with Gasteiger partial charge in [-0.3, -0.25) is 4.79 Å². The van der Waals surface area contributed by atoms with Gasteiger partial charge < -0.3 is 9.64 Å². The number of carbonyl (C=O) groups is 2. The molecule has 2 aromatic carbocycles. The van der Waals surface area contributed by atoms with Crippen molar-refractivity contribution in [3.8, 4) is 0 Å². The minimum absolute atomic E-state index is 0.0463. The first-order chi connectivity index (χ1) is 15.9. The first-order valence-corrected chi connectivity index (χ1v) is 13.1. The molecule has 0 aromatic heterocycles. The van der Waals surface area contributed by atoms with E-state index in [4.69, 9.17) is 16.3 Å². The first kappa shape index (κ1) is 26.0. The van der Waals surface area contributed by atoms with E-state index < -0.39 is 49.0 Å². The van der Waals surface area contributed by atoms with Crippen LogP contribution in [0.1, 0.15) is 10.4 Å². The van der Waals surface area contributed by atoms with Crippen LogP contribution in [0.15, 0.2) is 58.3 Å². The fraction of sp³-hybridized carbons (Fsp3) is 0.300. The topological polar surface area (TPSA) is 118 Å². The second-order valence-corrected chi connectivity index (χ2v) is 11.4. The van der Waals surface area contributed by atoms with Gasteiger partial charge in [-0.25, -0.2) is 21.6 Å². The van der Waals surface area contributed by atoms with Gasteiger partial charge in [0.2, 0.25) is 19.9 Å². The second kappa shape index (κ2) is 10.3. The highest BCUT2D eigenvalue weighted by molar-refractivity contribution is 7.91. The van der Waals surface area contributed by atoms with Gasteiger partial charge >= 0.3 is 11.7 Å². The summed E-state index contributed by atoms with van der Waals surface area (Å²) in [5.74, 6) is -5.09. The van der Waals surface area contributed by atoms with Crippen molar-refractivity contribution >= 4 is 43.3 Å². The summed E-state index contributed by atoms with van der Waals surface area (Å²) in [7, 11) is -8.54. The smallest absolute Gasteiger partial charge is 0.341 e. The third-order valence-corrected chi connectivity index (χ3v) is 8.59. The minimum atomic E-state index is -4.79. The number of halogens is 3. The summed E-state index contributed by atoms with van der Waals surface area (Å²) in [4.78, 5) is 25.2. The molecule has 1 aliphatic rings. The predicted molar refractivity (Wildman–Crippen MR) is 117 cm³/mol. The molecule has 0 saturated carbocycles. The summed E-state index contributed by atoms with van der Waals surface area (Å²) in [5, 5.41) is 0.401. The Balaban J connectivity index is 1.52. The molecule has 1 heterocycles. The molecular weight excluding hydrogens is 518 g/mol. The van der Waals surface area contributed by atoms with E-state index in [1.807, 2.05) is 0 Å². The highest BCUT2D eigenvalue weighted by Crippen LogP contribution is 2.21. The van der Waals surface area contributed by atoms with Gasteiger partial charge in [0.1, 0.15) is 0 Å². The molecule has 9 nitrogen and oxygen atoms in total. The maximum Gasteiger partial charge on any atom is 0.341 e. The molecule has 1 aliphatic heterocycles. The van der Waals surface area contributed by atoms with E-state index in [1.165, 1.54) is 33.5 Å². The number of benzene rings is 2. The number of hydrogen-bond donors (Lipinski definition) is 0. The number of sulfonamides is 1. The number of rotatable bonds is 7. The monoisotopic (exact) mass is 536 g/mol. The van der Waals surface area contributed by atoms with Crippen LogP contribution in [0.5, 0.6) is 0 Å². The maximum atomic E-state index is 12.7. The second-order valence-electron chi connectivity index (χ2n) is 7.14. The largest absolute Gasteiger partial charge is 0.452 e. The maximum absolute atomic E-state index is 12.7. The summed E-state index contributed by atoms with van der Waals surface area (Å²) in [6, 6.07) is 9.42. The van der Waals surface area contributed by atoms with Crippen molar-refractivity contribution in [1.29, 1.82) is 0 Å². The van der Waals surface area contributed by atoms with E-state index in [-0.39, 0.29) is 36.6 Å². The van der Waals surface area contributed by atoms with Crippen molar-refractivity contribution in [3.05, 3.63) is 59.1 Å². The standard InChI is InChI=1S/C20H19ClF2N2O7S2/c21-15-3-7-17(8-4-15)34(30,31)25-11-9-24(10-12-25)18(26)13-32-19(27)14-1-5-16(6-2-14)33(28,29)20(22)23/h1-8,20H,9-13H2. The highest BCUT2D eigenvalue weighted by atomic mass is 35.5. The van der Waals surface area contributed by atoms with Gasteiger partial charge in [0.05, 0.1) is 15.4 Å². The van der Waals surface area contributed by atoms with E-state index in [2.05, 4.69) is 0 Å². The average Bonchev–Trinajstić information content (AvgIpc) is 2.82. The van der Waals surface area contributed by atoms with E-state index in [0.29, 0.717) is 5.02 Å². The lowest BCUT2D eigenvalue weighted by atomic mass is 10.2. The zero-order valence-corrected chi connectivity index (χ0v) is 19.8. The van der Waals surface area contributed by atoms with Gasteiger partial charge in [-0.1, -0.05) is 11.6 Å². The molecule has 0 unspecified atom stereocenters. The summed E-state index contributed by atoms with van der Waals surface area (Å²) in [6.45, 7) is -0.359. The van der Waals surface area contributed by atoms with Crippen LogP contribution < -0.4 is 0 Å². The Morgan fingerprint density at radius 1 is 0.882 bits per heavy atom. The van der Waals surface area contributed by atoms with Crippen LogP contribution in [-0.4, -0.2) is 76.5 Å². The van der Waals surface area contributed by atoms with Crippen LogP contribution in [0.2, 0.25) is 5.02 Å². The van der Waals surface area contributed by atoms with Crippen molar-refractivity contribution in [1.82, 2.24) is 9.21 Å². The zero-order chi connectivity index (χ0) is 25.1. The molecule has 0 atom stereocenters. The number of carbonyl (C=O) groups excluding carboxylic acids is 2. The van der Waals surface area contributed by atoms with Crippen LogP contribution >= 0.6 is 11.6 Å². The molecule has 1 amide bonds. The third kappa shape index (κ3) is 5.71.